The molecule has 2 aromatic carbocycles. The van der Waals surface area contributed by atoms with Gasteiger partial charge in [-0.15, -0.1) is 12.3 Å². The molecule has 0 saturated carbocycles. The van der Waals surface area contributed by atoms with Gasteiger partial charge in [0.2, 0.25) is 5.95 Å². The van der Waals surface area contributed by atoms with Crippen LogP contribution in [0.3, 0.4) is 0 Å². The van der Waals surface area contributed by atoms with Gasteiger partial charge in [-0.2, -0.15) is 4.98 Å². The number of hydrogen-bond donors (Lipinski definition) is 1. The highest BCUT2D eigenvalue weighted by molar-refractivity contribution is 5.70. The molecule has 0 unspecified atom stereocenters. The third-order valence-corrected chi connectivity index (χ3v) is 5.49. The molecule has 1 aliphatic heterocycles. The smallest absolute Gasteiger partial charge is 0.230 e. The molecule has 1 radical (unpaired) electrons. The van der Waals surface area contributed by atoms with Crippen molar-refractivity contribution in [1.29, 1.82) is 0 Å². The minimum absolute atomic E-state index is 0.467. The van der Waals surface area contributed by atoms with Crippen LogP contribution in [0.1, 0.15) is 12.0 Å². The highest BCUT2D eigenvalue weighted by Gasteiger charge is 2.19. The Kier molecular flexibility index (Phi) is 6.83. The number of nitrogens with one attached hydrogen (secondary N) is 1. The summed E-state index contributed by atoms with van der Waals surface area (Å²) in [6, 6.07) is 13.9. The van der Waals surface area contributed by atoms with E-state index in [0.717, 1.165) is 67.4 Å². The molecule has 32 heavy (non-hydrogen) atoms. The Morgan fingerprint density at radius 3 is 2.72 bits per heavy atom. The van der Waals surface area contributed by atoms with E-state index in [1.165, 1.54) is 6.33 Å². The lowest BCUT2D eigenvalue weighted by Gasteiger charge is -2.36. The second-order valence-corrected chi connectivity index (χ2v) is 7.63. The lowest BCUT2D eigenvalue weighted by molar-refractivity contribution is 0.264. The molecule has 1 aromatic heterocycles. The van der Waals surface area contributed by atoms with Gasteiger partial charge in [-0.1, -0.05) is 12.1 Å². The van der Waals surface area contributed by atoms with Crippen molar-refractivity contribution in [3.63, 3.8) is 0 Å². The number of piperazine rings is 1. The van der Waals surface area contributed by atoms with Crippen molar-refractivity contribution in [2.75, 3.05) is 50.1 Å². The minimum Gasteiger partial charge on any atom is -0.496 e. The Bertz CT molecular complexity index is 1100. The van der Waals surface area contributed by atoms with Gasteiger partial charge in [-0.3, -0.25) is 4.90 Å². The third-order valence-electron chi connectivity index (χ3n) is 5.49. The summed E-state index contributed by atoms with van der Waals surface area (Å²) in [5.41, 5.74) is 3.74. The summed E-state index contributed by atoms with van der Waals surface area (Å²) < 4.78 is 5.69. The van der Waals surface area contributed by atoms with E-state index < -0.39 is 0 Å². The van der Waals surface area contributed by atoms with Crippen LogP contribution in [0.5, 0.6) is 5.75 Å². The zero-order valence-electron chi connectivity index (χ0n) is 18.3. The molecule has 7 nitrogen and oxygen atoms in total. The van der Waals surface area contributed by atoms with Crippen LogP contribution in [0.2, 0.25) is 0 Å². The monoisotopic (exact) mass is 427 g/mol. The fourth-order valence-electron chi connectivity index (χ4n) is 3.78. The molecule has 163 valence electrons. The fraction of sp³-hybridized carbons (Fsp3) is 0.280. The molecule has 1 saturated heterocycles. The average Bonchev–Trinajstić information content (AvgIpc) is 2.83. The van der Waals surface area contributed by atoms with Crippen molar-refractivity contribution < 1.29 is 4.74 Å². The van der Waals surface area contributed by atoms with E-state index in [9.17, 15) is 0 Å². The van der Waals surface area contributed by atoms with E-state index in [1.54, 1.807) is 7.11 Å². The topological polar surface area (TPSA) is 66.4 Å². The van der Waals surface area contributed by atoms with E-state index in [1.807, 2.05) is 30.3 Å². The standard InChI is InChI=1S/C25H27N6O/c1-4-5-11-30-12-14-31(15-13-30)21-9-10-22(23(17-21)32-3)24-26-18-27-25(29-24)28-20-8-6-7-19(2)16-20/h1,6-10,16-18H,2,5,11-15H2,3H3,(H,26,27,28,29). The van der Waals surface area contributed by atoms with E-state index >= 15 is 0 Å². The quantitative estimate of drug-likeness (QED) is 0.578. The maximum absolute atomic E-state index is 5.69. The average molecular weight is 428 g/mol. The molecule has 0 aliphatic carbocycles. The Labute approximate surface area is 189 Å². The Balaban J connectivity index is 1.50. The molecule has 4 rings (SSSR count). The summed E-state index contributed by atoms with van der Waals surface area (Å²) in [7, 11) is 1.67. The zero-order valence-corrected chi connectivity index (χ0v) is 18.3. The first-order valence-corrected chi connectivity index (χ1v) is 10.6. The molecular weight excluding hydrogens is 400 g/mol. The molecule has 0 atom stereocenters. The Morgan fingerprint density at radius 1 is 1.12 bits per heavy atom. The summed E-state index contributed by atoms with van der Waals surface area (Å²) in [5.74, 6) is 4.47. The van der Waals surface area contributed by atoms with Gasteiger partial charge in [0.05, 0.1) is 12.7 Å². The summed E-state index contributed by atoms with van der Waals surface area (Å²) in [4.78, 5) is 18.0. The maximum atomic E-state index is 5.69. The summed E-state index contributed by atoms with van der Waals surface area (Å²) in [6.07, 6.45) is 7.69. The highest BCUT2D eigenvalue weighted by atomic mass is 16.5. The van der Waals surface area contributed by atoms with Crippen molar-refractivity contribution in [2.45, 2.75) is 6.42 Å². The number of anilines is 3. The molecule has 0 bridgehead atoms. The summed E-state index contributed by atoms with van der Waals surface area (Å²) in [5, 5.41) is 3.21. The molecule has 2 heterocycles. The molecule has 1 aliphatic rings. The van der Waals surface area contributed by atoms with E-state index in [4.69, 9.17) is 11.2 Å². The van der Waals surface area contributed by atoms with Crippen LogP contribution in [-0.4, -0.2) is 59.7 Å². The lowest BCUT2D eigenvalue weighted by atomic mass is 10.1. The Hall–Kier alpha value is -3.63. The minimum atomic E-state index is 0.467. The van der Waals surface area contributed by atoms with Gasteiger partial charge in [0, 0.05) is 56.6 Å². The predicted molar refractivity (Wildman–Crippen MR) is 128 cm³/mol. The van der Waals surface area contributed by atoms with Crippen molar-refractivity contribution in [3.05, 3.63) is 61.3 Å². The first-order valence-electron chi connectivity index (χ1n) is 10.6. The molecule has 0 amide bonds. The lowest BCUT2D eigenvalue weighted by Crippen LogP contribution is -2.46. The van der Waals surface area contributed by atoms with Crippen LogP contribution in [0.15, 0.2) is 48.8 Å². The number of terminal acetylenes is 1. The van der Waals surface area contributed by atoms with Gasteiger partial charge in [-0.25, -0.2) is 9.97 Å². The van der Waals surface area contributed by atoms with Gasteiger partial charge < -0.3 is 15.0 Å². The number of methoxy groups -OCH3 is 1. The van der Waals surface area contributed by atoms with Gasteiger partial charge in [0.15, 0.2) is 5.82 Å². The second kappa shape index (κ2) is 10.1. The maximum Gasteiger partial charge on any atom is 0.230 e. The fourth-order valence-corrected chi connectivity index (χ4v) is 3.78. The van der Waals surface area contributed by atoms with Crippen LogP contribution in [0, 0.1) is 19.3 Å². The van der Waals surface area contributed by atoms with Gasteiger partial charge in [0.25, 0.3) is 0 Å². The SMILES string of the molecule is C#CCCN1CCN(c2ccc(-c3ncnc(Nc4cccc([CH2])c4)n3)c(OC)c2)CC1. The molecule has 1 N–H and O–H groups in total. The first-order chi connectivity index (χ1) is 15.7. The molecular formula is C25H27N6O. The summed E-state index contributed by atoms with van der Waals surface area (Å²) in [6.45, 7) is 8.83. The van der Waals surface area contributed by atoms with Crippen LogP contribution in [0.25, 0.3) is 11.4 Å². The van der Waals surface area contributed by atoms with Crippen molar-refractivity contribution >= 4 is 17.3 Å². The highest BCUT2D eigenvalue weighted by Crippen LogP contribution is 2.32. The van der Waals surface area contributed by atoms with Gasteiger partial charge in [-0.05, 0) is 36.8 Å². The van der Waals surface area contributed by atoms with Crippen LogP contribution in [-0.2, 0) is 0 Å². The van der Waals surface area contributed by atoms with Crippen molar-refractivity contribution in [2.24, 2.45) is 0 Å². The number of hydrogen-bond acceptors (Lipinski definition) is 7. The van der Waals surface area contributed by atoms with Crippen LogP contribution in [0.4, 0.5) is 17.3 Å². The second-order valence-electron chi connectivity index (χ2n) is 7.63. The van der Waals surface area contributed by atoms with Crippen molar-refractivity contribution in [1.82, 2.24) is 19.9 Å². The Morgan fingerprint density at radius 2 is 1.97 bits per heavy atom. The number of rotatable bonds is 7. The van der Waals surface area contributed by atoms with Crippen LogP contribution >= 0.6 is 0 Å². The predicted octanol–water partition coefficient (Wildman–Crippen LogP) is 3.62. The number of benzene rings is 2. The van der Waals surface area contributed by atoms with Crippen molar-refractivity contribution in [3.8, 4) is 29.5 Å². The van der Waals surface area contributed by atoms with E-state index in [-0.39, 0.29) is 0 Å². The zero-order chi connectivity index (χ0) is 22.3. The number of ether oxygens (including phenoxy) is 1. The molecule has 3 aromatic rings. The molecule has 7 heteroatoms. The van der Waals surface area contributed by atoms with Gasteiger partial charge in [0.1, 0.15) is 12.1 Å². The van der Waals surface area contributed by atoms with Gasteiger partial charge >= 0.3 is 0 Å². The normalized spacial score (nSPS) is 14.1. The largest absolute Gasteiger partial charge is 0.496 e. The number of nitrogens with zero attached hydrogens (tertiary/aromatic N) is 5. The third kappa shape index (κ3) is 5.16. The molecule has 1 fully saturated rings. The summed E-state index contributed by atoms with van der Waals surface area (Å²) >= 11 is 0. The first kappa shape index (κ1) is 21.6. The van der Waals surface area contributed by atoms with E-state index in [0.29, 0.717) is 11.8 Å². The van der Waals surface area contributed by atoms with E-state index in [2.05, 4.69) is 55.0 Å². The van der Waals surface area contributed by atoms with Crippen LogP contribution < -0.4 is 15.0 Å². The molecule has 0 spiro atoms. The number of aromatic nitrogens is 3.